The van der Waals surface area contributed by atoms with Gasteiger partial charge in [0.25, 0.3) is 0 Å². The van der Waals surface area contributed by atoms with E-state index in [1.165, 1.54) is 0 Å². The quantitative estimate of drug-likeness (QED) is 0.638. The molecule has 0 saturated heterocycles. The number of benzene rings is 1. The maximum absolute atomic E-state index is 11.1. The molecule has 0 aliphatic heterocycles. The van der Waals surface area contributed by atoms with Crippen LogP contribution < -0.4 is 5.32 Å². The van der Waals surface area contributed by atoms with E-state index in [1.807, 2.05) is 30.3 Å². The first-order valence-corrected chi connectivity index (χ1v) is 6.82. The maximum atomic E-state index is 11.1. The summed E-state index contributed by atoms with van der Waals surface area (Å²) in [5.74, 6) is -0.857. The average molecular weight is 265 g/mol. The minimum atomic E-state index is -0.857. The van der Waals surface area contributed by atoms with Gasteiger partial charge in [-0.05, 0) is 18.5 Å². The Morgan fingerprint density at radius 2 is 2.05 bits per heavy atom. The fourth-order valence-electron chi connectivity index (χ4n) is 1.74. The Balaban J connectivity index is 2.24. The van der Waals surface area contributed by atoms with Gasteiger partial charge in [0, 0.05) is 0 Å². The lowest BCUT2D eigenvalue weighted by Crippen LogP contribution is -2.41. The van der Waals surface area contributed by atoms with Crippen molar-refractivity contribution in [3.05, 3.63) is 35.9 Å². The van der Waals surface area contributed by atoms with Gasteiger partial charge < -0.3 is 15.2 Å². The maximum Gasteiger partial charge on any atom is 0.323 e. The molecule has 1 aromatic carbocycles. The lowest BCUT2D eigenvalue weighted by Gasteiger charge is -2.14. The molecule has 0 aromatic heterocycles. The molecular weight excluding hydrogens is 242 g/mol. The zero-order valence-corrected chi connectivity index (χ0v) is 11.5. The first kappa shape index (κ1) is 15.7. The number of aliphatic carboxylic acids is 1. The third-order valence-corrected chi connectivity index (χ3v) is 2.87. The minimum Gasteiger partial charge on any atom is -0.480 e. The van der Waals surface area contributed by atoms with Gasteiger partial charge in [-0.2, -0.15) is 0 Å². The molecule has 0 aliphatic rings. The number of carbonyl (C=O) groups is 1. The number of carboxylic acid groups (broad SMARTS) is 1. The molecular formula is C15H23NO3. The van der Waals surface area contributed by atoms with Crippen molar-refractivity contribution >= 4 is 5.97 Å². The molecule has 0 aliphatic carbocycles. The first-order valence-electron chi connectivity index (χ1n) is 6.82. The fraction of sp³-hybridized carbons (Fsp3) is 0.533. The molecule has 1 aromatic rings. The van der Waals surface area contributed by atoms with Crippen LogP contribution in [-0.2, 0) is 16.1 Å². The van der Waals surface area contributed by atoms with Gasteiger partial charge in [-0.3, -0.25) is 4.79 Å². The monoisotopic (exact) mass is 265 g/mol. The summed E-state index contributed by atoms with van der Waals surface area (Å²) in [5.41, 5.74) is 1.05. The molecule has 0 bridgehead atoms. The van der Waals surface area contributed by atoms with Crippen LogP contribution in [-0.4, -0.2) is 30.3 Å². The van der Waals surface area contributed by atoms with Gasteiger partial charge in [0.2, 0.25) is 0 Å². The lowest BCUT2D eigenvalue weighted by molar-refractivity contribution is -0.141. The molecule has 106 valence electrons. The van der Waals surface area contributed by atoms with E-state index in [4.69, 9.17) is 9.84 Å². The number of hydrogen-bond donors (Lipinski definition) is 2. The minimum absolute atomic E-state index is 0.191. The van der Waals surface area contributed by atoms with Crippen molar-refractivity contribution < 1.29 is 14.6 Å². The Kier molecular flexibility index (Phi) is 7.86. The van der Waals surface area contributed by atoms with Crippen LogP contribution in [0.25, 0.3) is 0 Å². The van der Waals surface area contributed by atoms with Crippen molar-refractivity contribution in [3.63, 3.8) is 0 Å². The zero-order chi connectivity index (χ0) is 13.9. The fourth-order valence-corrected chi connectivity index (χ4v) is 1.74. The molecule has 0 heterocycles. The van der Waals surface area contributed by atoms with Crippen LogP contribution in [0.3, 0.4) is 0 Å². The van der Waals surface area contributed by atoms with Gasteiger partial charge in [0.05, 0.1) is 13.2 Å². The highest BCUT2D eigenvalue weighted by Crippen LogP contribution is 2.01. The van der Waals surface area contributed by atoms with Crippen LogP contribution in [0, 0.1) is 0 Å². The van der Waals surface area contributed by atoms with Gasteiger partial charge in [-0.1, -0.05) is 50.1 Å². The Morgan fingerprint density at radius 1 is 1.32 bits per heavy atom. The molecule has 19 heavy (non-hydrogen) atoms. The van der Waals surface area contributed by atoms with Crippen molar-refractivity contribution in [1.29, 1.82) is 0 Å². The highest BCUT2D eigenvalue weighted by Gasteiger charge is 2.16. The highest BCUT2D eigenvalue weighted by atomic mass is 16.5. The molecule has 0 radical (unpaired) electrons. The third-order valence-electron chi connectivity index (χ3n) is 2.87. The molecule has 1 atom stereocenters. The van der Waals surface area contributed by atoms with Gasteiger partial charge in [0.1, 0.15) is 6.04 Å². The molecule has 4 heteroatoms. The Hall–Kier alpha value is -1.39. The number of ether oxygens (including phenoxy) is 1. The van der Waals surface area contributed by atoms with Crippen LogP contribution in [0.5, 0.6) is 0 Å². The van der Waals surface area contributed by atoms with E-state index >= 15 is 0 Å². The van der Waals surface area contributed by atoms with Crippen LogP contribution in [0.2, 0.25) is 0 Å². The molecule has 4 nitrogen and oxygen atoms in total. The summed E-state index contributed by atoms with van der Waals surface area (Å²) in [6.07, 6.45) is 3.24. The number of carboxylic acids is 1. The number of hydrogen-bond acceptors (Lipinski definition) is 3. The van der Waals surface area contributed by atoms with E-state index in [9.17, 15) is 4.79 Å². The molecule has 2 N–H and O–H groups in total. The van der Waals surface area contributed by atoms with E-state index < -0.39 is 12.0 Å². The Morgan fingerprint density at radius 3 is 2.68 bits per heavy atom. The molecule has 1 rings (SSSR count). The molecule has 0 spiro atoms. The van der Waals surface area contributed by atoms with Crippen LogP contribution in [0.15, 0.2) is 30.3 Å². The molecule has 0 amide bonds. The van der Waals surface area contributed by atoms with E-state index in [2.05, 4.69) is 12.2 Å². The standard InChI is InChI=1S/C15H23NO3/c1-2-3-7-10-16-14(15(17)18)12-19-11-13-8-5-4-6-9-13/h4-6,8-9,14,16H,2-3,7,10-12H2,1H3,(H,17,18)/t14-/m0/s1. The van der Waals surface area contributed by atoms with E-state index in [1.54, 1.807) is 0 Å². The second-order valence-corrected chi connectivity index (χ2v) is 4.55. The van der Waals surface area contributed by atoms with Crippen molar-refractivity contribution in [3.8, 4) is 0 Å². The highest BCUT2D eigenvalue weighted by molar-refractivity contribution is 5.73. The smallest absolute Gasteiger partial charge is 0.323 e. The number of rotatable bonds is 10. The van der Waals surface area contributed by atoms with Crippen LogP contribution >= 0.6 is 0 Å². The predicted molar refractivity (Wildman–Crippen MR) is 75.0 cm³/mol. The topological polar surface area (TPSA) is 58.6 Å². The summed E-state index contributed by atoms with van der Waals surface area (Å²) in [7, 11) is 0. The zero-order valence-electron chi connectivity index (χ0n) is 11.5. The van der Waals surface area contributed by atoms with E-state index in [0.29, 0.717) is 6.61 Å². The largest absolute Gasteiger partial charge is 0.480 e. The van der Waals surface area contributed by atoms with E-state index in [0.717, 1.165) is 31.4 Å². The predicted octanol–water partition coefficient (Wildman–Crippen LogP) is 2.44. The summed E-state index contributed by atoms with van der Waals surface area (Å²) in [4.78, 5) is 11.1. The van der Waals surface area contributed by atoms with Crippen LogP contribution in [0.4, 0.5) is 0 Å². The molecule has 0 fully saturated rings. The summed E-state index contributed by atoms with van der Waals surface area (Å²) >= 11 is 0. The first-order chi connectivity index (χ1) is 9.24. The number of nitrogens with one attached hydrogen (secondary N) is 1. The second kappa shape index (κ2) is 9.53. The summed E-state index contributed by atoms with van der Waals surface area (Å²) in [6, 6.07) is 9.13. The lowest BCUT2D eigenvalue weighted by atomic mass is 10.2. The summed E-state index contributed by atoms with van der Waals surface area (Å²) < 4.78 is 5.46. The van der Waals surface area contributed by atoms with E-state index in [-0.39, 0.29) is 6.61 Å². The van der Waals surface area contributed by atoms with Crippen LogP contribution in [0.1, 0.15) is 31.7 Å². The van der Waals surface area contributed by atoms with Crippen molar-refractivity contribution in [2.45, 2.75) is 38.8 Å². The normalized spacial score (nSPS) is 12.3. The SMILES string of the molecule is CCCCCN[C@@H](COCc1ccccc1)C(=O)O. The van der Waals surface area contributed by atoms with Crippen molar-refractivity contribution in [1.82, 2.24) is 5.32 Å². The summed E-state index contributed by atoms with van der Waals surface area (Å²) in [6.45, 7) is 3.48. The Labute approximate surface area is 114 Å². The second-order valence-electron chi connectivity index (χ2n) is 4.55. The van der Waals surface area contributed by atoms with Gasteiger partial charge in [-0.25, -0.2) is 0 Å². The van der Waals surface area contributed by atoms with Crippen molar-refractivity contribution in [2.75, 3.05) is 13.2 Å². The molecule has 0 saturated carbocycles. The molecule has 0 unspecified atom stereocenters. The average Bonchev–Trinajstić information content (AvgIpc) is 2.42. The number of unbranched alkanes of at least 4 members (excludes halogenated alkanes) is 2. The van der Waals surface area contributed by atoms with Gasteiger partial charge >= 0.3 is 5.97 Å². The Bertz CT molecular complexity index is 354. The van der Waals surface area contributed by atoms with Gasteiger partial charge in [-0.15, -0.1) is 0 Å². The van der Waals surface area contributed by atoms with Gasteiger partial charge in [0.15, 0.2) is 0 Å². The summed E-state index contributed by atoms with van der Waals surface area (Å²) in [5, 5.41) is 12.1. The van der Waals surface area contributed by atoms with Crippen molar-refractivity contribution in [2.24, 2.45) is 0 Å². The third kappa shape index (κ3) is 6.94.